The van der Waals surface area contributed by atoms with Crippen LogP contribution in [0.15, 0.2) is 48.5 Å². The number of benzene rings is 2. The lowest BCUT2D eigenvalue weighted by Crippen LogP contribution is -2.28. The summed E-state index contributed by atoms with van der Waals surface area (Å²) in [5.74, 6) is -0.821. The summed E-state index contributed by atoms with van der Waals surface area (Å²) in [5, 5.41) is 0. The zero-order valence-corrected chi connectivity index (χ0v) is 22.5. The van der Waals surface area contributed by atoms with Gasteiger partial charge in [-0.2, -0.15) is 0 Å². The summed E-state index contributed by atoms with van der Waals surface area (Å²) in [6.45, 7) is 3.10. The molecule has 1 aliphatic carbocycles. The molecule has 7 heteroatoms. The Kier molecular flexibility index (Phi) is 12.2. The average Bonchev–Trinajstić information content (AvgIpc) is 2.93. The van der Waals surface area contributed by atoms with Crippen molar-refractivity contribution < 1.29 is 23.8 Å². The van der Waals surface area contributed by atoms with E-state index in [1.54, 1.807) is 48.5 Å². The Hall–Kier alpha value is -3.32. The molecule has 0 aliphatic heterocycles. The third kappa shape index (κ3) is 10.2. The second kappa shape index (κ2) is 15.8. The zero-order valence-electron chi connectivity index (χ0n) is 22.5. The fourth-order valence-corrected chi connectivity index (χ4v) is 4.51. The molecule has 0 saturated heterocycles. The number of esters is 2. The van der Waals surface area contributed by atoms with Crippen molar-refractivity contribution in [2.75, 3.05) is 18.1 Å². The number of hydrogen-bond donors (Lipinski definition) is 2. The fraction of sp³-hybridized carbons (Fsp3) is 0.484. The van der Waals surface area contributed by atoms with E-state index in [-0.39, 0.29) is 24.8 Å². The van der Waals surface area contributed by atoms with E-state index >= 15 is 0 Å². The van der Waals surface area contributed by atoms with Crippen LogP contribution in [0.4, 0.5) is 11.4 Å². The topological polar surface area (TPSA) is 114 Å². The molecule has 0 bridgehead atoms. The van der Waals surface area contributed by atoms with Gasteiger partial charge in [0, 0.05) is 29.6 Å². The molecule has 1 fully saturated rings. The van der Waals surface area contributed by atoms with Crippen molar-refractivity contribution >= 4 is 29.4 Å². The molecule has 0 aromatic heterocycles. The molecule has 0 radical (unpaired) electrons. The highest BCUT2D eigenvalue weighted by Gasteiger charge is 2.24. The number of unbranched alkanes of at least 4 members (excludes halogenated alkanes) is 5. The standard InChI is InChI=1S/C31H42N2O5/c1-2-3-4-5-6-7-20-36-27-14-16-28(17-15-27)38-31(35)24-11-8-23(9-12-24)10-19-30(34)37-22-25-21-26(32)13-18-29(25)33/h8-13,18-19,21,27-28H,2-7,14-17,20,22,32-33H2,1H3/b19-10+. The smallest absolute Gasteiger partial charge is 0.338 e. The minimum absolute atomic E-state index is 0.0397. The van der Waals surface area contributed by atoms with E-state index in [0.29, 0.717) is 22.5 Å². The summed E-state index contributed by atoms with van der Waals surface area (Å²) in [7, 11) is 0. The Bertz CT molecular complexity index is 1040. The summed E-state index contributed by atoms with van der Waals surface area (Å²) >= 11 is 0. The molecule has 0 amide bonds. The summed E-state index contributed by atoms with van der Waals surface area (Å²) in [6, 6.07) is 12.0. The van der Waals surface area contributed by atoms with Crippen LogP contribution in [-0.2, 0) is 25.6 Å². The Morgan fingerprint density at radius 2 is 1.58 bits per heavy atom. The van der Waals surface area contributed by atoms with Crippen molar-refractivity contribution in [3.8, 4) is 0 Å². The van der Waals surface area contributed by atoms with E-state index in [1.807, 2.05) is 0 Å². The number of ether oxygens (including phenoxy) is 3. The first-order valence-electron chi connectivity index (χ1n) is 13.9. The first-order chi connectivity index (χ1) is 18.4. The zero-order chi connectivity index (χ0) is 27.2. The van der Waals surface area contributed by atoms with Gasteiger partial charge < -0.3 is 25.7 Å². The Morgan fingerprint density at radius 1 is 0.895 bits per heavy atom. The van der Waals surface area contributed by atoms with E-state index in [4.69, 9.17) is 25.7 Å². The maximum atomic E-state index is 12.6. The molecule has 3 rings (SSSR count). The van der Waals surface area contributed by atoms with Gasteiger partial charge in [-0.25, -0.2) is 9.59 Å². The van der Waals surface area contributed by atoms with E-state index in [0.717, 1.165) is 44.3 Å². The maximum Gasteiger partial charge on any atom is 0.338 e. The van der Waals surface area contributed by atoms with Gasteiger partial charge in [0.05, 0.1) is 11.7 Å². The SMILES string of the molecule is CCCCCCCCOC1CCC(OC(=O)c2ccc(/C=C/C(=O)OCc3cc(N)ccc3N)cc2)CC1. The number of carbonyl (C=O) groups excluding carboxylic acids is 2. The van der Waals surface area contributed by atoms with E-state index in [1.165, 1.54) is 38.2 Å². The van der Waals surface area contributed by atoms with Crippen LogP contribution < -0.4 is 11.5 Å². The number of nitrogen functional groups attached to an aromatic ring is 2. The average molecular weight is 523 g/mol. The minimum Gasteiger partial charge on any atom is -0.459 e. The third-order valence-corrected chi connectivity index (χ3v) is 6.84. The van der Waals surface area contributed by atoms with Gasteiger partial charge in [-0.3, -0.25) is 0 Å². The summed E-state index contributed by atoms with van der Waals surface area (Å²) in [5.41, 5.74) is 14.6. The van der Waals surface area contributed by atoms with Gasteiger partial charge >= 0.3 is 11.9 Å². The molecule has 2 aromatic rings. The van der Waals surface area contributed by atoms with Gasteiger partial charge in [-0.05, 0) is 74.1 Å². The first kappa shape index (κ1) is 29.2. The molecule has 38 heavy (non-hydrogen) atoms. The van der Waals surface area contributed by atoms with Crippen molar-refractivity contribution in [2.45, 2.75) is 89.9 Å². The number of hydrogen-bond acceptors (Lipinski definition) is 7. The van der Waals surface area contributed by atoms with Crippen LogP contribution in [0.3, 0.4) is 0 Å². The lowest BCUT2D eigenvalue weighted by Gasteiger charge is -2.28. The van der Waals surface area contributed by atoms with Crippen molar-refractivity contribution in [2.24, 2.45) is 0 Å². The fourth-order valence-electron chi connectivity index (χ4n) is 4.51. The lowest BCUT2D eigenvalue weighted by atomic mass is 9.95. The monoisotopic (exact) mass is 522 g/mol. The number of nitrogens with two attached hydrogens (primary N) is 2. The van der Waals surface area contributed by atoms with Crippen molar-refractivity contribution in [3.05, 3.63) is 65.2 Å². The minimum atomic E-state index is -0.498. The van der Waals surface area contributed by atoms with Gasteiger partial charge in [0.1, 0.15) is 12.7 Å². The van der Waals surface area contributed by atoms with Crippen LogP contribution in [0, 0.1) is 0 Å². The van der Waals surface area contributed by atoms with Crippen molar-refractivity contribution in [3.63, 3.8) is 0 Å². The molecule has 0 atom stereocenters. The number of rotatable bonds is 14. The molecule has 4 N–H and O–H groups in total. The van der Waals surface area contributed by atoms with Gasteiger partial charge in [0.15, 0.2) is 0 Å². The van der Waals surface area contributed by atoms with E-state index in [2.05, 4.69) is 6.92 Å². The predicted octanol–water partition coefficient (Wildman–Crippen LogP) is 6.45. The highest BCUT2D eigenvalue weighted by Crippen LogP contribution is 2.25. The van der Waals surface area contributed by atoms with E-state index < -0.39 is 5.97 Å². The number of anilines is 2. The summed E-state index contributed by atoms with van der Waals surface area (Å²) < 4.78 is 17.0. The van der Waals surface area contributed by atoms with E-state index in [9.17, 15) is 9.59 Å². The molecular formula is C31H42N2O5. The summed E-state index contributed by atoms with van der Waals surface area (Å²) in [4.78, 5) is 24.7. The highest BCUT2D eigenvalue weighted by molar-refractivity contribution is 5.90. The lowest BCUT2D eigenvalue weighted by molar-refractivity contribution is -0.138. The highest BCUT2D eigenvalue weighted by atomic mass is 16.5. The normalized spacial score (nSPS) is 17.4. The Labute approximate surface area is 226 Å². The van der Waals surface area contributed by atoms with Crippen molar-refractivity contribution in [1.29, 1.82) is 0 Å². The van der Waals surface area contributed by atoms with Gasteiger partial charge in [0.25, 0.3) is 0 Å². The second-order valence-corrected chi connectivity index (χ2v) is 9.96. The van der Waals surface area contributed by atoms with Gasteiger partial charge in [-0.1, -0.05) is 51.2 Å². The van der Waals surface area contributed by atoms with Crippen LogP contribution >= 0.6 is 0 Å². The van der Waals surface area contributed by atoms with Crippen molar-refractivity contribution in [1.82, 2.24) is 0 Å². The molecule has 1 saturated carbocycles. The molecular weight excluding hydrogens is 480 g/mol. The van der Waals surface area contributed by atoms with Gasteiger partial charge in [-0.15, -0.1) is 0 Å². The van der Waals surface area contributed by atoms with Crippen LogP contribution in [-0.4, -0.2) is 30.8 Å². The second-order valence-electron chi connectivity index (χ2n) is 9.96. The largest absolute Gasteiger partial charge is 0.459 e. The van der Waals surface area contributed by atoms with Gasteiger partial charge in [0.2, 0.25) is 0 Å². The van der Waals surface area contributed by atoms with Crippen LogP contribution in [0.25, 0.3) is 6.08 Å². The molecule has 0 heterocycles. The Morgan fingerprint density at radius 3 is 2.32 bits per heavy atom. The Balaban J connectivity index is 1.34. The summed E-state index contributed by atoms with van der Waals surface area (Å²) in [6.07, 6.45) is 14.3. The third-order valence-electron chi connectivity index (χ3n) is 6.84. The van der Waals surface area contributed by atoms with Crippen LogP contribution in [0.1, 0.15) is 92.6 Å². The molecule has 0 spiro atoms. The molecule has 2 aromatic carbocycles. The van der Waals surface area contributed by atoms with Crippen LogP contribution in [0.2, 0.25) is 0 Å². The molecule has 0 unspecified atom stereocenters. The number of carbonyl (C=O) groups is 2. The first-order valence-corrected chi connectivity index (χ1v) is 13.9. The predicted molar refractivity (Wildman–Crippen MR) is 151 cm³/mol. The quantitative estimate of drug-likeness (QED) is 0.127. The maximum absolute atomic E-state index is 12.6. The molecule has 7 nitrogen and oxygen atoms in total. The molecule has 206 valence electrons. The molecule has 1 aliphatic rings. The van der Waals surface area contributed by atoms with Crippen LogP contribution in [0.5, 0.6) is 0 Å².